The van der Waals surface area contributed by atoms with Crippen LogP contribution < -0.4 is 5.73 Å². The number of hydrogen-bond donors (Lipinski definition) is 1. The number of rotatable bonds is 4. The van der Waals surface area contributed by atoms with Gasteiger partial charge in [-0.05, 0) is 42.9 Å². The van der Waals surface area contributed by atoms with Gasteiger partial charge in [0, 0.05) is 0 Å². The second-order valence-electron chi connectivity index (χ2n) is 6.36. The van der Waals surface area contributed by atoms with E-state index in [1.54, 1.807) is 0 Å². The highest BCUT2D eigenvalue weighted by Crippen LogP contribution is 2.43. The molecule has 0 saturated heterocycles. The Hall–Kier alpha value is -2.61. The van der Waals surface area contributed by atoms with Crippen molar-refractivity contribution in [2.24, 2.45) is 5.73 Å². The Morgan fingerprint density at radius 2 is 1.88 bits per heavy atom. The fraction of sp³-hybridized carbons (Fsp3) is 0.227. The van der Waals surface area contributed by atoms with Crippen molar-refractivity contribution >= 4 is 5.91 Å². The van der Waals surface area contributed by atoms with Crippen molar-refractivity contribution in [1.29, 1.82) is 0 Å². The topological polar surface area (TPSA) is 43.1 Å². The molecule has 1 amide bonds. The zero-order chi connectivity index (χ0) is 17.0. The maximum atomic E-state index is 12.9. The summed E-state index contributed by atoms with van der Waals surface area (Å²) in [4.78, 5) is 12.9. The summed E-state index contributed by atoms with van der Waals surface area (Å²) in [7, 11) is 0. The summed E-state index contributed by atoms with van der Waals surface area (Å²) in [6.07, 6.45) is 17.4. The molecule has 1 unspecified atom stereocenters. The van der Waals surface area contributed by atoms with Gasteiger partial charge in [-0.2, -0.15) is 0 Å². The molecule has 2 aliphatic carbocycles. The maximum absolute atomic E-state index is 12.9. The molecule has 2 nitrogen and oxygen atoms in total. The van der Waals surface area contributed by atoms with E-state index in [-0.39, 0.29) is 5.91 Å². The molecule has 1 aromatic carbocycles. The van der Waals surface area contributed by atoms with Crippen LogP contribution in [0.15, 0.2) is 89.6 Å². The summed E-state index contributed by atoms with van der Waals surface area (Å²) in [6, 6.07) is 9.87. The van der Waals surface area contributed by atoms with Crippen LogP contribution in [0.1, 0.15) is 31.7 Å². The van der Waals surface area contributed by atoms with E-state index in [0.29, 0.717) is 0 Å². The number of benzene rings is 1. The van der Waals surface area contributed by atoms with E-state index in [9.17, 15) is 4.79 Å². The third kappa shape index (κ3) is 2.80. The lowest BCUT2D eigenvalue weighted by atomic mass is 9.66. The molecule has 24 heavy (non-hydrogen) atoms. The van der Waals surface area contributed by atoms with E-state index in [2.05, 4.69) is 37.3 Å². The van der Waals surface area contributed by atoms with Gasteiger partial charge in [-0.15, -0.1) is 0 Å². The minimum atomic E-state index is -0.950. The van der Waals surface area contributed by atoms with Gasteiger partial charge in [0.2, 0.25) is 5.91 Å². The van der Waals surface area contributed by atoms with Crippen LogP contribution in [-0.2, 0) is 10.2 Å². The van der Waals surface area contributed by atoms with Gasteiger partial charge < -0.3 is 5.73 Å². The van der Waals surface area contributed by atoms with Gasteiger partial charge in [0.1, 0.15) is 5.41 Å². The molecule has 122 valence electrons. The minimum Gasteiger partial charge on any atom is -0.368 e. The molecule has 2 N–H and O–H groups in total. The quantitative estimate of drug-likeness (QED) is 0.872. The third-order valence-corrected chi connectivity index (χ3v) is 4.69. The smallest absolute Gasteiger partial charge is 0.237 e. The fourth-order valence-electron chi connectivity index (χ4n) is 3.54. The molecule has 0 radical (unpaired) electrons. The van der Waals surface area contributed by atoms with Crippen LogP contribution in [0.2, 0.25) is 0 Å². The van der Waals surface area contributed by atoms with Gasteiger partial charge in [0.25, 0.3) is 0 Å². The average Bonchev–Trinajstić information content (AvgIpc) is 2.82. The Labute approximate surface area is 143 Å². The van der Waals surface area contributed by atoms with Crippen molar-refractivity contribution in [3.05, 3.63) is 95.1 Å². The van der Waals surface area contributed by atoms with Crippen molar-refractivity contribution in [2.45, 2.75) is 31.6 Å². The Bertz CT molecular complexity index is 777. The first-order valence-electron chi connectivity index (χ1n) is 8.43. The first-order valence-corrected chi connectivity index (χ1v) is 8.43. The van der Waals surface area contributed by atoms with Crippen molar-refractivity contribution in [3.8, 4) is 0 Å². The lowest BCUT2D eigenvalue weighted by Crippen LogP contribution is -2.44. The molecular weight excluding hydrogens is 294 g/mol. The zero-order valence-electron chi connectivity index (χ0n) is 14.0. The van der Waals surface area contributed by atoms with Crippen molar-refractivity contribution in [2.75, 3.05) is 0 Å². The fourth-order valence-corrected chi connectivity index (χ4v) is 3.54. The molecule has 3 rings (SSSR count). The molecular formula is C22H23NO. The normalized spacial score (nSPS) is 19.6. The highest BCUT2D eigenvalue weighted by Gasteiger charge is 2.44. The molecule has 0 fully saturated rings. The molecule has 0 aromatic heterocycles. The van der Waals surface area contributed by atoms with Crippen LogP contribution in [0.5, 0.6) is 0 Å². The summed E-state index contributed by atoms with van der Waals surface area (Å²) in [5.41, 5.74) is 9.15. The summed E-state index contributed by atoms with van der Waals surface area (Å²) < 4.78 is 0. The molecule has 1 atom stereocenters. The lowest BCUT2D eigenvalue weighted by molar-refractivity contribution is -0.121. The Morgan fingerprint density at radius 1 is 1.08 bits per heavy atom. The first-order chi connectivity index (χ1) is 11.7. The predicted octanol–water partition coefficient (Wildman–Crippen LogP) is 4.52. The van der Waals surface area contributed by atoms with E-state index in [1.165, 1.54) is 5.57 Å². The number of carbonyl (C=O) groups excluding carboxylic acids is 1. The van der Waals surface area contributed by atoms with Crippen molar-refractivity contribution in [1.82, 2.24) is 0 Å². The highest BCUT2D eigenvalue weighted by atomic mass is 16.1. The van der Waals surface area contributed by atoms with Crippen LogP contribution in [0.3, 0.4) is 0 Å². The minimum absolute atomic E-state index is 0.336. The summed E-state index contributed by atoms with van der Waals surface area (Å²) in [5, 5.41) is 0. The number of hydrogen-bond acceptors (Lipinski definition) is 1. The number of carbonyl (C=O) groups is 1. The van der Waals surface area contributed by atoms with Crippen LogP contribution in [0, 0.1) is 0 Å². The molecule has 0 aliphatic heterocycles. The predicted molar refractivity (Wildman–Crippen MR) is 99.4 cm³/mol. The van der Waals surface area contributed by atoms with E-state index in [0.717, 1.165) is 36.0 Å². The van der Waals surface area contributed by atoms with Gasteiger partial charge in [0.15, 0.2) is 0 Å². The Balaban J connectivity index is 2.31. The Kier molecular flexibility index (Phi) is 4.66. The summed E-state index contributed by atoms with van der Waals surface area (Å²) in [5.74, 6) is -0.336. The highest BCUT2D eigenvalue weighted by molar-refractivity contribution is 5.96. The molecule has 2 heteroatoms. The van der Waals surface area contributed by atoms with Gasteiger partial charge in [0.05, 0.1) is 0 Å². The van der Waals surface area contributed by atoms with Crippen LogP contribution >= 0.6 is 0 Å². The molecule has 0 bridgehead atoms. The summed E-state index contributed by atoms with van der Waals surface area (Å²) in [6.45, 7) is 2.09. The lowest BCUT2D eigenvalue weighted by Gasteiger charge is -2.35. The van der Waals surface area contributed by atoms with Crippen molar-refractivity contribution < 1.29 is 4.79 Å². The Morgan fingerprint density at radius 3 is 2.54 bits per heavy atom. The molecule has 0 saturated carbocycles. The van der Waals surface area contributed by atoms with Crippen molar-refractivity contribution in [3.63, 3.8) is 0 Å². The van der Waals surface area contributed by atoms with E-state index >= 15 is 0 Å². The van der Waals surface area contributed by atoms with Gasteiger partial charge in [-0.3, -0.25) is 4.79 Å². The van der Waals surface area contributed by atoms with Crippen LogP contribution in [0.25, 0.3) is 0 Å². The monoisotopic (exact) mass is 317 g/mol. The maximum Gasteiger partial charge on any atom is 0.237 e. The number of amides is 1. The molecule has 0 heterocycles. The van der Waals surface area contributed by atoms with E-state index in [4.69, 9.17) is 5.73 Å². The van der Waals surface area contributed by atoms with Crippen LogP contribution in [-0.4, -0.2) is 5.91 Å². The SMILES string of the molecule is CC1=CC(C(C(N)=O)(C2=CCCC=C2)c2ccccc2)=CC=CC1. The molecule has 0 spiro atoms. The molecule has 1 aromatic rings. The standard InChI is InChI=1S/C22H23NO/c1-17-10-8-9-15-20(16-17)22(21(23)24,18-11-4-2-5-12-18)19-13-6-3-7-14-19/h2,4-6,8-9,11-16H,3,7,10H2,1H3,(H2,23,24). The number of allylic oxidation sites excluding steroid dienone is 8. The first kappa shape index (κ1) is 16.3. The number of primary amides is 1. The second kappa shape index (κ2) is 6.88. The van der Waals surface area contributed by atoms with E-state index in [1.807, 2.05) is 42.5 Å². The zero-order valence-corrected chi connectivity index (χ0v) is 14.0. The van der Waals surface area contributed by atoms with Crippen LogP contribution in [0.4, 0.5) is 0 Å². The van der Waals surface area contributed by atoms with Gasteiger partial charge >= 0.3 is 0 Å². The second-order valence-corrected chi connectivity index (χ2v) is 6.36. The number of nitrogens with two attached hydrogens (primary N) is 1. The van der Waals surface area contributed by atoms with E-state index < -0.39 is 5.41 Å². The summed E-state index contributed by atoms with van der Waals surface area (Å²) >= 11 is 0. The third-order valence-electron chi connectivity index (χ3n) is 4.69. The largest absolute Gasteiger partial charge is 0.368 e. The average molecular weight is 317 g/mol. The van der Waals surface area contributed by atoms with Gasteiger partial charge in [-0.25, -0.2) is 0 Å². The molecule has 2 aliphatic rings. The van der Waals surface area contributed by atoms with Gasteiger partial charge in [-0.1, -0.05) is 78.4 Å².